The maximum Gasteiger partial charge on any atom is 0.294 e. The first kappa shape index (κ1) is 12.0. The lowest BCUT2D eigenvalue weighted by molar-refractivity contribution is 0.482. The monoisotopic (exact) mass is 229 g/mol. The van der Waals surface area contributed by atoms with Crippen molar-refractivity contribution in [2.45, 2.75) is 25.2 Å². The number of hydrogen-bond donors (Lipinski definition) is 2. The van der Waals surface area contributed by atoms with Crippen LogP contribution in [0.4, 0.5) is 5.69 Å². The summed E-state index contributed by atoms with van der Waals surface area (Å²) < 4.78 is 31.2. The van der Waals surface area contributed by atoms with E-state index in [9.17, 15) is 8.42 Å². The second-order valence-corrected chi connectivity index (χ2v) is 4.53. The highest BCUT2D eigenvalue weighted by Gasteiger charge is 2.16. The van der Waals surface area contributed by atoms with Crippen LogP contribution in [0.3, 0.4) is 0 Å². The molecule has 0 spiro atoms. The zero-order valence-electron chi connectivity index (χ0n) is 8.82. The molecule has 0 aliphatic heterocycles. The minimum Gasteiger partial charge on any atom is -0.385 e. The van der Waals surface area contributed by atoms with Gasteiger partial charge >= 0.3 is 0 Å². The van der Waals surface area contributed by atoms with E-state index in [4.69, 9.17) is 4.55 Å². The van der Waals surface area contributed by atoms with Gasteiger partial charge in [-0.2, -0.15) is 8.42 Å². The van der Waals surface area contributed by atoms with Crippen molar-refractivity contribution in [1.29, 1.82) is 0 Å². The Bertz CT molecular complexity index is 440. The first-order chi connectivity index (χ1) is 7.00. The Morgan fingerprint density at radius 1 is 1.33 bits per heavy atom. The van der Waals surface area contributed by atoms with Crippen LogP contribution in [0.2, 0.25) is 0 Å². The molecule has 0 saturated heterocycles. The fraction of sp³-hybridized carbons (Fsp3) is 0.400. The predicted octanol–water partition coefficient (Wildman–Crippen LogP) is 1.93. The van der Waals surface area contributed by atoms with Gasteiger partial charge in [-0.05, 0) is 31.0 Å². The zero-order chi connectivity index (χ0) is 11.5. The van der Waals surface area contributed by atoms with Crippen molar-refractivity contribution in [2.75, 3.05) is 11.9 Å². The summed E-state index contributed by atoms with van der Waals surface area (Å²) in [5, 5.41) is 3.06. The zero-order valence-corrected chi connectivity index (χ0v) is 9.63. The van der Waals surface area contributed by atoms with Crippen LogP contribution in [0.25, 0.3) is 0 Å². The Kier molecular flexibility index (Phi) is 3.71. The van der Waals surface area contributed by atoms with E-state index in [1.807, 2.05) is 13.8 Å². The van der Waals surface area contributed by atoms with Gasteiger partial charge in [0.15, 0.2) is 0 Å². The van der Waals surface area contributed by atoms with Gasteiger partial charge in [-0.15, -0.1) is 0 Å². The van der Waals surface area contributed by atoms with E-state index in [1.54, 1.807) is 12.1 Å². The van der Waals surface area contributed by atoms with Gasteiger partial charge in [0.1, 0.15) is 0 Å². The Hall–Kier alpha value is -1.07. The number of anilines is 1. The summed E-state index contributed by atoms with van der Waals surface area (Å²) in [4.78, 5) is -0.0107. The van der Waals surface area contributed by atoms with Crippen molar-refractivity contribution in [3.8, 4) is 0 Å². The van der Waals surface area contributed by atoms with Gasteiger partial charge < -0.3 is 5.32 Å². The molecule has 2 N–H and O–H groups in total. The topological polar surface area (TPSA) is 66.4 Å². The molecule has 1 aromatic rings. The standard InChI is InChI=1S/C10H15NO3S/c1-3-8-9(11-4-2)6-5-7-10(8)15(12,13)14/h5-7,11H,3-4H2,1-2H3,(H,12,13,14). The molecule has 15 heavy (non-hydrogen) atoms. The number of hydrogen-bond acceptors (Lipinski definition) is 3. The van der Waals surface area contributed by atoms with Gasteiger partial charge in [0, 0.05) is 12.2 Å². The van der Waals surface area contributed by atoms with E-state index in [-0.39, 0.29) is 4.90 Å². The van der Waals surface area contributed by atoms with Gasteiger partial charge in [0.05, 0.1) is 4.90 Å². The minimum absolute atomic E-state index is 0.0107. The second-order valence-electron chi connectivity index (χ2n) is 3.14. The lowest BCUT2D eigenvalue weighted by Gasteiger charge is -2.12. The summed E-state index contributed by atoms with van der Waals surface area (Å²) >= 11 is 0. The molecule has 0 aromatic heterocycles. The van der Waals surface area contributed by atoms with Crippen molar-refractivity contribution in [3.05, 3.63) is 23.8 Å². The lowest BCUT2D eigenvalue weighted by atomic mass is 10.1. The Labute approximate surface area is 90.1 Å². The minimum atomic E-state index is -4.13. The molecule has 4 nitrogen and oxygen atoms in total. The largest absolute Gasteiger partial charge is 0.385 e. The SMILES string of the molecule is CCNc1cccc(S(=O)(=O)O)c1CC. The summed E-state index contributed by atoms with van der Waals surface area (Å²) in [7, 11) is -4.13. The molecule has 84 valence electrons. The Morgan fingerprint density at radius 2 is 2.00 bits per heavy atom. The summed E-state index contributed by atoms with van der Waals surface area (Å²) in [6, 6.07) is 4.83. The Morgan fingerprint density at radius 3 is 2.47 bits per heavy atom. The van der Waals surface area contributed by atoms with E-state index in [0.717, 1.165) is 5.69 Å². The summed E-state index contributed by atoms with van der Waals surface area (Å²) in [5.74, 6) is 0. The molecule has 0 fully saturated rings. The van der Waals surface area contributed by atoms with E-state index >= 15 is 0 Å². The van der Waals surface area contributed by atoms with Crippen LogP contribution in [0, 0.1) is 0 Å². The third-order valence-corrected chi connectivity index (χ3v) is 3.07. The molecular formula is C10H15NO3S. The molecule has 0 bridgehead atoms. The van der Waals surface area contributed by atoms with Gasteiger partial charge in [-0.1, -0.05) is 13.0 Å². The van der Waals surface area contributed by atoms with E-state index in [2.05, 4.69) is 5.32 Å². The highest BCUT2D eigenvalue weighted by atomic mass is 32.2. The summed E-state index contributed by atoms with van der Waals surface area (Å²) in [6.45, 7) is 4.49. The van der Waals surface area contributed by atoms with Crippen molar-refractivity contribution in [1.82, 2.24) is 0 Å². The highest BCUT2D eigenvalue weighted by Crippen LogP contribution is 2.24. The van der Waals surface area contributed by atoms with Gasteiger partial charge in [0.2, 0.25) is 0 Å². The quantitative estimate of drug-likeness (QED) is 0.774. The molecule has 0 aliphatic carbocycles. The third kappa shape index (κ3) is 2.70. The van der Waals surface area contributed by atoms with Gasteiger partial charge in [0.25, 0.3) is 10.1 Å². The third-order valence-electron chi connectivity index (χ3n) is 2.13. The Balaban J connectivity index is 3.35. The first-order valence-electron chi connectivity index (χ1n) is 4.84. The van der Waals surface area contributed by atoms with Crippen LogP contribution < -0.4 is 5.32 Å². The molecule has 0 heterocycles. The number of benzene rings is 1. The predicted molar refractivity (Wildman–Crippen MR) is 59.8 cm³/mol. The van der Waals surface area contributed by atoms with Crippen LogP contribution >= 0.6 is 0 Å². The normalized spacial score (nSPS) is 11.4. The second kappa shape index (κ2) is 4.63. The number of rotatable bonds is 4. The fourth-order valence-corrected chi connectivity index (χ4v) is 2.34. The van der Waals surface area contributed by atoms with Crippen LogP contribution in [0.15, 0.2) is 23.1 Å². The molecule has 0 atom stereocenters. The molecular weight excluding hydrogens is 214 g/mol. The number of nitrogens with one attached hydrogen (secondary N) is 1. The average molecular weight is 229 g/mol. The van der Waals surface area contributed by atoms with E-state index < -0.39 is 10.1 Å². The van der Waals surface area contributed by atoms with Crippen LogP contribution in [-0.4, -0.2) is 19.5 Å². The van der Waals surface area contributed by atoms with Crippen LogP contribution in [-0.2, 0) is 16.5 Å². The average Bonchev–Trinajstić information content (AvgIpc) is 2.16. The van der Waals surface area contributed by atoms with Gasteiger partial charge in [-0.3, -0.25) is 4.55 Å². The van der Waals surface area contributed by atoms with Crippen molar-refractivity contribution >= 4 is 15.8 Å². The highest BCUT2D eigenvalue weighted by molar-refractivity contribution is 7.85. The molecule has 0 saturated carbocycles. The van der Waals surface area contributed by atoms with Crippen molar-refractivity contribution in [3.63, 3.8) is 0 Å². The molecule has 5 heteroatoms. The molecule has 1 rings (SSSR count). The smallest absolute Gasteiger partial charge is 0.294 e. The lowest BCUT2D eigenvalue weighted by Crippen LogP contribution is -2.07. The fourth-order valence-electron chi connectivity index (χ4n) is 1.53. The summed E-state index contributed by atoms with van der Waals surface area (Å²) in [5.41, 5.74) is 1.39. The first-order valence-corrected chi connectivity index (χ1v) is 6.28. The maximum atomic E-state index is 11.1. The van der Waals surface area contributed by atoms with Crippen molar-refractivity contribution in [2.24, 2.45) is 0 Å². The van der Waals surface area contributed by atoms with E-state index in [0.29, 0.717) is 18.5 Å². The van der Waals surface area contributed by atoms with Crippen molar-refractivity contribution < 1.29 is 13.0 Å². The maximum absolute atomic E-state index is 11.1. The molecule has 1 aromatic carbocycles. The van der Waals surface area contributed by atoms with Crippen LogP contribution in [0.5, 0.6) is 0 Å². The molecule has 0 amide bonds. The molecule has 0 aliphatic rings. The molecule has 0 radical (unpaired) electrons. The van der Waals surface area contributed by atoms with Gasteiger partial charge in [-0.25, -0.2) is 0 Å². The molecule has 0 unspecified atom stereocenters. The van der Waals surface area contributed by atoms with E-state index in [1.165, 1.54) is 6.07 Å². The van der Waals surface area contributed by atoms with Crippen LogP contribution in [0.1, 0.15) is 19.4 Å². The summed E-state index contributed by atoms with van der Waals surface area (Å²) in [6.07, 6.45) is 0.554.